The summed E-state index contributed by atoms with van der Waals surface area (Å²) in [7, 11) is 0. The molecule has 0 heterocycles. The number of hydrogen-bond donors (Lipinski definition) is 2. The number of benzene rings is 1. The summed E-state index contributed by atoms with van der Waals surface area (Å²) < 4.78 is 39.6. The summed E-state index contributed by atoms with van der Waals surface area (Å²) >= 11 is 0. The molecule has 0 saturated carbocycles. The van der Waals surface area contributed by atoms with E-state index in [0.717, 1.165) is 12.1 Å². The predicted molar refractivity (Wildman–Crippen MR) is 55.6 cm³/mol. The quantitative estimate of drug-likeness (QED) is 0.804. The van der Waals surface area contributed by atoms with Crippen LogP contribution >= 0.6 is 0 Å². The van der Waals surface area contributed by atoms with Gasteiger partial charge >= 0.3 is 18.3 Å². The van der Waals surface area contributed by atoms with Gasteiger partial charge in [0.25, 0.3) is 0 Å². The molecular weight excluding hydrogens is 269 g/mol. The fourth-order valence-electron chi connectivity index (χ4n) is 1.39. The van der Waals surface area contributed by atoms with Crippen LogP contribution in [0.15, 0.2) is 24.3 Å². The number of carbonyl (C=O) groups is 2. The molecule has 0 fully saturated rings. The average molecular weight is 278 g/mol. The Kier molecular flexibility index (Phi) is 4.36. The molecule has 0 saturated heterocycles. The maximum absolute atomic E-state index is 12.0. The number of ether oxygens (including phenoxy) is 1. The van der Waals surface area contributed by atoms with Gasteiger partial charge in [0.2, 0.25) is 0 Å². The molecule has 0 amide bonds. The van der Waals surface area contributed by atoms with E-state index in [2.05, 4.69) is 4.74 Å². The van der Waals surface area contributed by atoms with E-state index >= 15 is 0 Å². The van der Waals surface area contributed by atoms with Gasteiger partial charge in [0.1, 0.15) is 5.75 Å². The van der Waals surface area contributed by atoms with Crippen molar-refractivity contribution in [2.24, 2.45) is 5.92 Å². The summed E-state index contributed by atoms with van der Waals surface area (Å²) in [4.78, 5) is 21.3. The van der Waals surface area contributed by atoms with Gasteiger partial charge in [-0.2, -0.15) is 0 Å². The van der Waals surface area contributed by atoms with Crippen LogP contribution in [0.5, 0.6) is 5.75 Å². The highest BCUT2D eigenvalue weighted by molar-refractivity contribution is 5.93. The first-order chi connectivity index (χ1) is 8.69. The van der Waals surface area contributed by atoms with Crippen molar-refractivity contribution in [3.8, 4) is 5.75 Å². The van der Waals surface area contributed by atoms with Crippen LogP contribution in [-0.4, -0.2) is 28.5 Å². The number of carboxylic acids is 2. The Morgan fingerprint density at radius 2 is 1.79 bits per heavy atom. The van der Waals surface area contributed by atoms with Gasteiger partial charge in [0.15, 0.2) is 5.92 Å². The summed E-state index contributed by atoms with van der Waals surface area (Å²) in [5, 5.41) is 17.3. The third kappa shape index (κ3) is 4.86. The van der Waals surface area contributed by atoms with Crippen LogP contribution in [-0.2, 0) is 16.0 Å². The molecule has 1 aromatic carbocycles. The van der Waals surface area contributed by atoms with Crippen molar-refractivity contribution in [2.75, 3.05) is 0 Å². The lowest BCUT2D eigenvalue weighted by molar-refractivity contribution is -0.274. The Morgan fingerprint density at radius 1 is 1.21 bits per heavy atom. The topological polar surface area (TPSA) is 83.8 Å². The Hall–Kier alpha value is -2.25. The zero-order valence-corrected chi connectivity index (χ0v) is 9.35. The maximum atomic E-state index is 12.0. The number of halogens is 3. The van der Waals surface area contributed by atoms with E-state index in [4.69, 9.17) is 10.2 Å². The lowest BCUT2D eigenvalue weighted by Gasteiger charge is -2.11. The smallest absolute Gasteiger partial charge is 0.481 e. The average Bonchev–Trinajstić information content (AvgIpc) is 2.23. The van der Waals surface area contributed by atoms with Crippen molar-refractivity contribution in [3.63, 3.8) is 0 Å². The van der Waals surface area contributed by atoms with Crippen molar-refractivity contribution in [1.29, 1.82) is 0 Å². The molecule has 104 valence electrons. The summed E-state index contributed by atoms with van der Waals surface area (Å²) in [5.74, 6) is -5.37. The van der Waals surface area contributed by atoms with Crippen molar-refractivity contribution >= 4 is 11.9 Å². The zero-order chi connectivity index (χ0) is 14.6. The van der Waals surface area contributed by atoms with Gasteiger partial charge in [-0.15, -0.1) is 13.2 Å². The maximum Gasteiger partial charge on any atom is 0.573 e. The molecule has 5 nitrogen and oxygen atoms in total. The minimum Gasteiger partial charge on any atom is -0.481 e. The second-order valence-electron chi connectivity index (χ2n) is 3.63. The van der Waals surface area contributed by atoms with E-state index in [-0.39, 0.29) is 5.56 Å². The molecule has 1 rings (SSSR count). The first kappa shape index (κ1) is 14.8. The highest BCUT2D eigenvalue weighted by atomic mass is 19.4. The highest BCUT2D eigenvalue weighted by Gasteiger charge is 2.31. The highest BCUT2D eigenvalue weighted by Crippen LogP contribution is 2.24. The summed E-state index contributed by atoms with van der Waals surface area (Å²) in [6.07, 6.45) is -5.29. The molecule has 19 heavy (non-hydrogen) atoms. The third-order valence-corrected chi connectivity index (χ3v) is 2.17. The molecule has 1 aromatic rings. The van der Waals surface area contributed by atoms with Crippen LogP contribution in [0.1, 0.15) is 5.56 Å². The van der Waals surface area contributed by atoms with Crippen molar-refractivity contribution in [3.05, 3.63) is 29.8 Å². The lowest BCUT2D eigenvalue weighted by Crippen LogP contribution is -2.25. The van der Waals surface area contributed by atoms with Crippen LogP contribution in [0.25, 0.3) is 0 Å². The summed E-state index contributed by atoms with van der Waals surface area (Å²) in [5.41, 5.74) is 0.122. The zero-order valence-electron chi connectivity index (χ0n) is 9.35. The van der Waals surface area contributed by atoms with E-state index in [0.29, 0.717) is 0 Å². The fraction of sp³-hybridized carbons (Fsp3) is 0.273. The van der Waals surface area contributed by atoms with Crippen molar-refractivity contribution in [2.45, 2.75) is 12.8 Å². The van der Waals surface area contributed by atoms with Crippen LogP contribution in [0.2, 0.25) is 0 Å². The monoisotopic (exact) mass is 278 g/mol. The Morgan fingerprint density at radius 3 is 2.26 bits per heavy atom. The Bertz CT molecular complexity index is 469. The Labute approximate surface area is 105 Å². The van der Waals surface area contributed by atoms with Gasteiger partial charge in [-0.3, -0.25) is 9.59 Å². The van der Waals surface area contributed by atoms with E-state index < -0.39 is 36.4 Å². The molecule has 0 aromatic heterocycles. The normalized spacial score (nSPS) is 11.4. The van der Waals surface area contributed by atoms with E-state index in [1.807, 2.05) is 0 Å². The molecule has 0 spiro atoms. The van der Waals surface area contributed by atoms with E-state index in [1.54, 1.807) is 0 Å². The van der Waals surface area contributed by atoms with Gasteiger partial charge in [0.05, 0.1) is 0 Å². The predicted octanol–water partition coefficient (Wildman–Crippen LogP) is 1.91. The molecule has 0 radical (unpaired) electrons. The van der Waals surface area contributed by atoms with Crippen LogP contribution in [0.3, 0.4) is 0 Å². The van der Waals surface area contributed by atoms with Crippen LogP contribution < -0.4 is 4.74 Å². The molecule has 0 aliphatic heterocycles. The second-order valence-corrected chi connectivity index (χ2v) is 3.63. The minimum atomic E-state index is -4.86. The minimum absolute atomic E-state index is 0.122. The molecule has 0 atom stereocenters. The number of hydrogen-bond acceptors (Lipinski definition) is 3. The van der Waals surface area contributed by atoms with Crippen LogP contribution in [0.4, 0.5) is 13.2 Å². The van der Waals surface area contributed by atoms with Gasteiger partial charge in [0, 0.05) is 0 Å². The van der Waals surface area contributed by atoms with Crippen molar-refractivity contribution in [1.82, 2.24) is 0 Å². The van der Waals surface area contributed by atoms with E-state index in [9.17, 15) is 22.8 Å². The van der Waals surface area contributed by atoms with Gasteiger partial charge in [-0.25, -0.2) is 0 Å². The molecule has 0 unspecified atom stereocenters. The molecule has 2 N–H and O–H groups in total. The third-order valence-electron chi connectivity index (χ3n) is 2.17. The second kappa shape index (κ2) is 5.59. The molecule has 8 heteroatoms. The standard InChI is InChI=1S/C11H9F3O5/c12-11(13,14)19-7-3-1-2-6(4-7)5-8(9(15)16)10(17)18/h1-4,8H,5H2,(H,15,16)(H,17,18). The molecule has 0 aliphatic carbocycles. The number of alkyl halides is 3. The first-order valence-corrected chi connectivity index (χ1v) is 4.99. The van der Waals surface area contributed by atoms with Gasteiger partial charge in [-0.1, -0.05) is 12.1 Å². The van der Waals surface area contributed by atoms with Crippen molar-refractivity contribution < 1.29 is 37.7 Å². The molecule has 0 bridgehead atoms. The summed E-state index contributed by atoms with van der Waals surface area (Å²) in [6.45, 7) is 0. The number of aliphatic carboxylic acids is 2. The van der Waals surface area contributed by atoms with Gasteiger partial charge in [-0.05, 0) is 24.1 Å². The van der Waals surface area contributed by atoms with Crippen LogP contribution in [0, 0.1) is 5.92 Å². The number of rotatable bonds is 5. The van der Waals surface area contributed by atoms with E-state index in [1.165, 1.54) is 12.1 Å². The molecule has 0 aliphatic rings. The van der Waals surface area contributed by atoms with Gasteiger partial charge < -0.3 is 14.9 Å². The largest absolute Gasteiger partial charge is 0.573 e. The fourth-order valence-corrected chi connectivity index (χ4v) is 1.39. The Balaban J connectivity index is 2.87. The number of carboxylic acid groups (broad SMARTS) is 2. The lowest BCUT2D eigenvalue weighted by atomic mass is 9.99. The SMILES string of the molecule is O=C(O)C(Cc1cccc(OC(F)(F)F)c1)C(=O)O. The first-order valence-electron chi connectivity index (χ1n) is 4.99. The molecular formula is C11H9F3O5. The summed E-state index contributed by atoms with van der Waals surface area (Å²) in [6, 6.07) is 4.53.